The molecule has 6 nitrogen and oxygen atoms in total. The van der Waals surface area contributed by atoms with Crippen molar-refractivity contribution in [2.45, 2.75) is 20.3 Å². The lowest BCUT2D eigenvalue weighted by atomic mass is 10.1. The summed E-state index contributed by atoms with van der Waals surface area (Å²) in [5, 5.41) is 11.9. The van der Waals surface area contributed by atoms with E-state index < -0.39 is 5.97 Å². The molecular weight excluding hydrogens is 282 g/mol. The predicted octanol–water partition coefficient (Wildman–Crippen LogP) is 1.93. The van der Waals surface area contributed by atoms with Gasteiger partial charge in [-0.3, -0.25) is 14.7 Å². The fourth-order valence-corrected chi connectivity index (χ4v) is 2.41. The largest absolute Gasteiger partial charge is 0.481 e. The molecule has 3 rings (SSSR count). The number of rotatable bonds is 3. The molecule has 3 aromatic rings. The lowest BCUT2D eigenvalue weighted by molar-refractivity contribution is -0.136. The highest BCUT2D eigenvalue weighted by Crippen LogP contribution is 2.19. The van der Waals surface area contributed by atoms with Gasteiger partial charge in [-0.05, 0) is 19.4 Å². The van der Waals surface area contributed by atoms with Gasteiger partial charge in [0, 0.05) is 11.8 Å². The number of aryl methyl sites for hydroxylation is 2. The average molecular weight is 297 g/mol. The van der Waals surface area contributed by atoms with Crippen LogP contribution in [0.5, 0.6) is 0 Å². The lowest BCUT2D eigenvalue weighted by Crippen LogP contribution is -2.23. The molecule has 112 valence electrons. The van der Waals surface area contributed by atoms with Crippen molar-refractivity contribution in [3.63, 3.8) is 0 Å². The van der Waals surface area contributed by atoms with Gasteiger partial charge in [-0.15, -0.1) is 0 Å². The van der Waals surface area contributed by atoms with Crippen molar-refractivity contribution in [1.82, 2.24) is 14.6 Å². The van der Waals surface area contributed by atoms with E-state index in [9.17, 15) is 9.59 Å². The summed E-state index contributed by atoms with van der Waals surface area (Å²) >= 11 is 0. The monoisotopic (exact) mass is 297 g/mol. The smallest absolute Gasteiger partial charge is 0.308 e. The molecule has 2 aromatic heterocycles. The van der Waals surface area contributed by atoms with Crippen LogP contribution in [0, 0.1) is 13.8 Å². The summed E-state index contributed by atoms with van der Waals surface area (Å²) in [4.78, 5) is 27.6. The first kappa shape index (κ1) is 14.1. The molecule has 0 radical (unpaired) electrons. The molecule has 0 fully saturated rings. The first-order chi connectivity index (χ1) is 10.5. The number of benzene rings is 1. The molecule has 0 atom stereocenters. The number of aromatic nitrogens is 3. The Morgan fingerprint density at radius 1 is 1.27 bits per heavy atom. The van der Waals surface area contributed by atoms with Crippen LogP contribution in [0.2, 0.25) is 0 Å². The van der Waals surface area contributed by atoms with Crippen LogP contribution in [0.15, 0.2) is 35.1 Å². The molecule has 1 aromatic carbocycles. The maximum atomic E-state index is 12.4. The van der Waals surface area contributed by atoms with Gasteiger partial charge in [-0.2, -0.15) is 0 Å². The van der Waals surface area contributed by atoms with Gasteiger partial charge in [0.05, 0.1) is 17.7 Å². The van der Waals surface area contributed by atoms with Gasteiger partial charge in [0.2, 0.25) is 0 Å². The van der Waals surface area contributed by atoms with E-state index in [1.807, 2.05) is 31.2 Å². The summed E-state index contributed by atoms with van der Waals surface area (Å²) < 4.78 is 1.29. The number of aromatic amines is 1. The maximum Gasteiger partial charge on any atom is 0.308 e. The second-order valence-electron chi connectivity index (χ2n) is 5.28. The molecule has 6 heteroatoms. The fraction of sp³-hybridized carbons (Fsp3) is 0.188. The number of fused-ring (bicyclic) bond motifs is 1. The van der Waals surface area contributed by atoms with Crippen molar-refractivity contribution in [3.05, 3.63) is 57.5 Å². The van der Waals surface area contributed by atoms with E-state index in [-0.39, 0.29) is 17.5 Å². The van der Waals surface area contributed by atoms with Gasteiger partial charge in [0.15, 0.2) is 5.65 Å². The van der Waals surface area contributed by atoms with Crippen LogP contribution in [-0.2, 0) is 11.2 Å². The SMILES string of the molecule is Cc1ccc(-c2cc3nc(C)c(CC(=O)O)c(=O)n3[nH]2)cc1. The van der Waals surface area contributed by atoms with Crippen molar-refractivity contribution in [2.24, 2.45) is 0 Å². The first-order valence-electron chi connectivity index (χ1n) is 6.86. The van der Waals surface area contributed by atoms with Crippen LogP contribution < -0.4 is 5.56 Å². The third-order valence-electron chi connectivity index (χ3n) is 3.61. The Morgan fingerprint density at radius 3 is 2.59 bits per heavy atom. The topological polar surface area (TPSA) is 87.5 Å². The van der Waals surface area contributed by atoms with Crippen LogP contribution in [-0.4, -0.2) is 25.7 Å². The van der Waals surface area contributed by atoms with Gasteiger partial charge in [0.25, 0.3) is 5.56 Å². The molecule has 0 aliphatic heterocycles. The molecule has 0 bridgehead atoms. The Balaban J connectivity index is 2.18. The van der Waals surface area contributed by atoms with E-state index in [4.69, 9.17) is 5.11 Å². The highest BCUT2D eigenvalue weighted by atomic mass is 16.4. The van der Waals surface area contributed by atoms with Crippen molar-refractivity contribution in [3.8, 4) is 11.3 Å². The van der Waals surface area contributed by atoms with Crippen LogP contribution in [0.4, 0.5) is 0 Å². The number of nitrogens with one attached hydrogen (secondary N) is 1. The van der Waals surface area contributed by atoms with E-state index in [0.29, 0.717) is 11.3 Å². The van der Waals surface area contributed by atoms with E-state index in [1.54, 1.807) is 13.0 Å². The first-order valence-corrected chi connectivity index (χ1v) is 6.86. The minimum atomic E-state index is -1.05. The zero-order valence-corrected chi connectivity index (χ0v) is 12.3. The van der Waals surface area contributed by atoms with Crippen molar-refractivity contribution >= 4 is 11.6 Å². The minimum absolute atomic E-state index is 0.197. The van der Waals surface area contributed by atoms with Gasteiger partial charge in [0.1, 0.15) is 0 Å². The quantitative estimate of drug-likeness (QED) is 0.773. The Bertz CT molecular complexity index is 920. The minimum Gasteiger partial charge on any atom is -0.481 e. The molecule has 22 heavy (non-hydrogen) atoms. The molecule has 0 unspecified atom stereocenters. The van der Waals surface area contributed by atoms with Crippen molar-refractivity contribution in [1.29, 1.82) is 0 Å². The summed E-state index contributed by atoms with van der Waals surface area (Å²) in [6.45, 7) is 3.65. The second kappa shape index (κ2) is 5.14. The second-order valence-corrected chi connectivity index (χ2v) is 5.28. The molecular formula is C16H15N3O3. The number of hydrogen-bond acceptors (Lipinski definition) is 3. The van der Waals surface area contributed by atoms with E-state index in [1.165, 1.54) is 4.52 Å². The van der Waals surface area contributed by atoms with E-state index in [0.717, 1.165) is 16.8 Å². The average Bonchev–Trinajstić information content (AvgIpc) is 2.88. The molecule has 0 saturated heterocycles. The number of aliphatic carboxylic acids is 1. The standard InChI is InChI=1S/C16H15N3O3/c1-9-3-5-11(6-4-9)13-8-14-17-10(2)12(7-15(20)21)16(22)19(14)18-13/h3-6,8,18H,7H2,1-2H3,(H,20,21). The third kappa shape index (κ3) is 2.39. The number of nitrogens with zero attached hydrogens (tertiary/aromatic N) is 2. The number of H-pyrrole nitrogens is 1. The van der Waals surface area contributed by atoms with Gasteiger partial charge in [-0.25, -0.2) is 9.50 Å². The molecule has 0 aliphatic carbocycles. The number of carbonyl (C=O) groups is 1. The number of carboxylic acids is 1. The molecule has 2 heterocycles. The molecule has 0 amide bonds. The van der Waals surface area contributed by atoms with Crippen LogP contribution in [0.25, 0.3) is 16.9 Å². The van der Waals surface area contributed by atoms with E-state index >= 15 is 0 Å². The zero-order chi connectivity index (χ0) is 15.9. The zero-order valence-electron chi connectivity index (χ0n) is 12.3. The predicted molar refractivity (Wildman–Crippen MR) is 82.1 cm³/mol. The summed E-state index contributed by atoms with van der Waals surface area (Å²) in [7, 11) is 0. The maximum absolute atomic E-state index is 12.4. The van der Waals surface area contributed by atoms with Crippen molar-refractivity contribution < 1.29 is 9.90 Å². The fourth-order valence-electron chi connectivity index (χ4n) is 2.41. The molecule has 0 spiro atoms. The normalized spacial score (nSPS) is 11.0. The molecule has 2 N–H and O–H groups in total. The highest BCUT2D eigenvalue weighted by Gasteiger charge is 2.15. The number of hydrogen-bond donors (Lipinski definition) is 2. The van der Waals surface area contributed by atoms with Crippen LogP contribution >= 0.6 is 0 Å². The lowest BCUT2D eigenvalue weighted by Gasteiger charge is -2.02. The summed E-state index contributed by atoms with van der Waals surface area (Å²) in [6, 6.07) is 9.66. The van der Waals surface area contributed by atoms with E-state index in [2.05, 4.69) is 10.1 Å². The number of carboxylic acid groups (broad SMARTS) is 1. The summed E-state index contributed by atoms with van der Waals surface area (Å²) in [5.74, 6) is -1.05. The van der Waals surface area contributed by atoms with Crippen LogP contribution in [0.1, 0.15) is 16.8 Å². The Morgan fingerprint density at radius 2 is 1.95 bits per heavy atom. The van der Waals surface area contributed by atoms with Gasteiger partial charge < -0.3 is 5.11 Å². The molecule has 0 saturated carbocycles. The van der Waals surface area contributed by atoms with Crippen molar-refractivity contribution in [2.75, 3.05) is 0 Å². The third-order valence-corrected chi connectivity index (χ3v) is 3.61. The van der Waals surface area contributed by atoms with Gasteiger partial charge >= 0.3 is 5.97 Å². The summed E-state index contributed by atoms with van der Waals surface area (Å²) in [5.41, 5.74) is 3.60. The van der Waals surface area contributed by atoms with Gasteiger partial charge in [-0.1, -0.05) is 29.8 Å². The Hall–Kier alpha value is -2.89. The Labute approximate surface area is 126 Å². The highest BCUT2D eigenvalue weighted by molar-refractivity contribution is 5.71. The summed E-state index contributed by atoms with van der Waals surface area (Å²) in [6.07, 6.45) is -0.334. The molecule has 0 aliphatic rings. The Kier molecular flexibility index (Phi) is 3.29. The van der Waals surface area contributed by atoms with Crippen LogP contribution in [0.3, 0.4) is 0 Å².